The van der Waals surface area contributed by atoms with Gasteiger partial charge in [0.2, 0.25) is 14.9 Å². The van der Waals surface area contributed by atoms with E-state index in [9.17, 15) is 13.2 Å². The fourth-order valence-electron chi connectivity index (χ4n) is 2.88. The summed E-state index contributed by atoms with van der Waals surface area (Å²) in [6.07, 6.45) is 1.88. The van der Waals surface area contributed by atoms with Crippen molar-refractivity contribution in [2.45, 2.75) is 44.0 Å². The first-order valence-corrected chi connectivity index (χ1v) is 10.1. The van der Waals surface area contributed by atoms with Crippen LogP contribution in [0.1, 0.15) is 31.9 Å². The molecular formula is C18H25N3O4S. The lowest BCUT2D eigenvalue weighted by atomic mass is 10.1. The van der Waals surface area contributed by atoms with Crippen molar-refractivity contribution in [3.8, 4) is 5.75 Å². The second kappa shape index (κ2) is 7.90. The van der Waals surface area contributed by atoms with Crippen molar-refractivity contribution in [2.24, 2.45) is 0 Å². The van der Waals surface area contributed by atoms with Crippen molar-refractivity contribution in [1.29, 1.82) is 0 Å². The lowest BCUT2D eigenvalue weighted by molar-refractivity contribution is 0.201. The number of rotatable bonds is 6. The Balaban J connectivity index is 2.63. The largest absolute Gasteiger partial charge is 0.492 e. The number of benzene rings is 1. The molecule has 0 radical (unpaired) electrons. The molecule has 0 aliphatic carbocycles. The van der Waals surface area contributed by atoms with Crippen LogP contribution in [0.4, 0.5) is 4.79 Å². The Morgan fingerprint density at radius 2 is 1.88 bits per heavy atom. The number of aryl methyl sites for hydroxylation is 2. The van der Waals surface area contributed by atoms with E-state index in [0.29, 0.717) is 30.6 Å². The average Bonchev–Trinajstić information content (AvgIpc) is 3.07. The van der Waals surface area contributed by atoms with E-state index in [1.54, 1.807) is 24.0 Å². The summed E-state index contributed by atoms with van der Waals surface area (Å²) in [4.78, 5) is 14.3. The molecule has 0 fully saturated rings. The summed E-state index contributed by atoms with van der Waals surface area (Å²) in [5, 5.41) is 3.83. The van der Waals surface area contributed by atoms with Crippen LogP contribution in [-0.2, 0) is 16.3 Å². The first kappa shape index (κ1) is 20.0. The Labute approximate surface area is 154 Å². The summed E-state index contributed by atoms with van der Waals surface area (Å²) < 4.78 is 32.8. The standard InChI is InChI=1S/C18H25N3O4S/c1-6-14-11-9-10-13(4)16(14)26(23,24)17-15(25-5)12-21(19-17)18(22)20(7-2)8-3/h9-12H,6-8H2,1-5H3. The van der Waals surface area contributed by atoms with Crippen LogP contribution in [0.3, 0.4) is 0 Å². The normalized spacial score (nSPS) is 11.4. The number of hydrogen-bond donors (Lipinski definition) is 0. The molecule has 0 bridgehead atoms. The SMILES string of the molecule is CCc1cccc(C)c1S(=O)(=O)c1nn(C(=O)N(CC)CC)cc1OC. The lowest BCUT2D eigenvalue weighted by Gasteiger charge is -2.17. The van der Waals surface area contributed by atoms with Gasteiger partial charge in [0.1, 0.15) is 0 Å². The van der Waals surface area contributed by atoms with E-state index in [0.717, 1.165) is 4.68 Å². The smallest absolute Gasteiger partial charge is 0.344 e. The number of amides is 1. The molecule has 1 heterocycles. The minimum Gasteiger partial charge on any atom is -0.492 e. The minimum absolute atomic E-state index is 0.0517. The molecule has 26 heavy (non-hydrogen) atoms. The summed E-state index contributed by atoms with van der Waals surface area (Å²) in [7, 11) is -2.57. The summed E-state index contributed by atoms with van der Waals surface area (Å²) in [5.74, 6) is 0.0517. The van der Waals surface area contributed by atoms with Crippen molar-refractivity contribution in [2.75, 3.05) is 20.2 Å². The minimum atomic E-state index is -3.93. The Bertz CT molecular complexity index is 899. The topological polar surface area (TPSA) is 81.5 Å². The summed E-state index contributed by atoms with van der Waals surface area (Å²) in [5.41, 5.74) is 1.34. The molecule has 0 spiro atoms. The first-order chi connectivity index (χ1) is 12.3. The molecule has 2 rings (SSSR count). The van der Waals surface area contributed by atoms with Crippen LogP contribution >= 0.6 is 0 Å². The van der Waals surface area contributed by atoms with Gasteiger partial charge in [0.05, 0.1) is 18.2 Å². The second-order valence-electron chi connectivity index (χ2n) is 5.82. The van der Waals surface area contributed by atoms with Gasteiger partial charge in [-0.1, -0.05) is 25.1 Å². The number of methoxy groups -OCH3 is 1. The average molecular weight is 379 g/mol. The zero-order valence-electron chi connectivity index (χ0n) is 15.8. The maximum atomic E-state index is 13.3. The third-order valence-corrected chi connectivity index (χ3v) is 6.21. The number of sulfone groups is 1. The molecule has 0 aliphatic rings. The Hall–Kier alpha value is -2.35. The van der Waals surface area contributed by atoms with E-state index >= 15 is 0 Å². The number of hydrogen-bond acceptors (Lipinski definition) is 5. The van der Waals surface area contributed by atoms with Gasteiger partial charge in [-0.15, -0.1) is 5.10 Å². The number of carbonyl (C=O) groups excluding carboxylic acids is 1. The molecule has 0 atom stereocenters. The van der Waals surface area contributed by atoms with Crippen LogP contribution < -0.4 is 4.74 Å². The van der Waals surface area contributed by atoms with E-state index in [4.69, 9.17) is 4.74 Å². The van der Waals surface area contributed by atoms with Gasteiger partial charge >= 0.3 is 6.03 Å². The quantitative estimate of drug-likeness (QED) is 0.771. The van der Waals surface area contributed by atoms with Crippen LogP contribution in [0.5, 0.6) is 5.75 Å². The van der Waals surface area contributed by atoms with Crippen LogP contribution in [0.15, 0.2) is 34.3 Å². The molecule has 1 amide bonds. The van der Waals surface area contributed by atoms with E-state index in [1.807, 2.05) is 26.8 Å². The third kappa shape index (κ3) is 3.46. The Kier molecular flexibility index (Phi) is 6.07. The van der Waals surface area contributed by atoms with E-state index in [2.05, 4.69) is 5.10 Å². The molecule has 142 valence electrons. The van der Waals surface area contributed by atoms with Gasteiger partial charge in [0.25, 0.3) is 0 Å². The van der Waals surface area contributed by atoms with Gasteiger partial charge in [0, 0.05) is 13.1 Å². The second-order valence-corrected chi connectivity index (χ2v) is 7.62. The number of aromatic nitrogens is 2. The van der Waals surface area contributed by atoms with E-state index in [-0.39, 0.29) is 15.7 Å². The summed E-state index contributed by atoms with van der Waals surface area (Å²) in [6, 6.07) is 4.96. The Morgan fingerprint density at radius 1 is 1.23 bits per heavy atom. The fourth-order valence-corrected chi connectivity index (χ4v) is 4.72. The molecule has 0 unspecified atom stereocenters. The van der Waals surface area contributed by atoms with Gasteiger partial charge in [0.15, 0.2) is 5.75 Å². The van der Waals surface area contributed by atoms with Crippen LogP contribution in [-0.4, -0.2) is 49.3 Å². The summed E-state index contributed by atoms with van der Waals surface area (Å²) in [6.45, 7) is 8.33. The first-order valence-electron chi connectivity index (χ1n) is 8.58. The van der Waals surface area contributed by atoms with Crippen molar-refractivity contribution < 1.29 is 17.9 Å². The molecule has 7 nitrogen and oxygen atoms in total. The predicted molar refractivity (Wildman–Crippen MR) is 98.5 cm³/mol. The highest BCUT2D eigenvalue weighted by molar-refractivity contribution is 7.91. The predicted octanol–water partition coefficient (Wildman–Crippen LogP) is 2.91. The van der Waals surface area contributed by atoms with Gasteiger partial charge < -0.3 is 9.64 Å². The number of ether oxygens (including phenoxy) is 1. The zero-order valence-corrected chi connectivity index (χ0v) is 16.6. The van der Waals surface area contributed by atoms with Crippen molar-refractivity contribution in [3.05, 3.63) is 35.5 Å². The maximum absolute atomic E-state index is 13.3. The molecule has 0 N–H and O–H groups in total. The van der Waals surface area contributed by atoms with E-state index < -0.39 is 15.9 Å². The fraction of sp³-hybridized carbons (Fsp3) is 0.444. The number of carbonyl (C=O) groups is 1. The molecule has 1 aromatic carbocycles. The van der Waals surface area contributed by atoms with Crippen molar-refractivity contribution >= 4 is 15.9 Å². The van der Waals surface area contributed by atoms with Gasteiger partial charge in [-0.05, 0) is 38.3 Å². The molecule has 1 aromatic heterocycles. The van der Waals surface area contributed by atoms with Crippen molar-refractivity contribution in [3.63, 3.8) is 0 Å². The van der Waals surface area contributed by atoms with E-state index in [1.165, 1.54) is 13.3 Å². The zero-order chi connectivity index (χ0) is 19.5. The molecule has 0 aliphatic heterocycles. The molecule has 0 saturated carbocycles. The van der Waals surface area contributed by atoms with Gasteiger partial charge in [-0.2, -0.15) is 4.68 Å². The van der Waals surface area contributed by atoms with Gasteiger partial charge in [-0.25, -0.2) is 13.2 Å². The van der Waals surface area contributed by atoms with Crippen molar-refractivity contribution in [1.82, 2.24) is 14.7 Å². The van der Waals surface area contributed by atoms with Crippen LogP contribution in [0, 0.1) is 6.92 Å². The van der Waals surface area contributed by atoms with Gasteiger partial charge in [-0.3, -0.25) is 0 Å². The van der Waals surface area contributed by atoms with Crippen LogP contribution in [0.2, 0.25) is 0 Å². The Morgan fingerprint density at radius 3 is 2.42 bits per heavy atom. The third-order valence-electron chi connectivity index (χ3n) is 4.30. The number of nitrogens with zero attached hydrogens (tertiary/aromatic N) is 3. The molecule has 8 heteroatoms. The molecule has 2 aromatic rings. The molecule has 0 saturated heterocycles. The lowest BCUT2D eigenvalue weighted by Crippen LogP contribution is -2.34. The maximum Gasteiger partial charge on any atom is 0.344 e. The summed E-state index contributed by atoms with van der Waals surface area (Å²) >= 11 is 0. The monoisotopic (exact) mass is 379 g/mol. The highest BCUT2D eigenvalue weighted by Gasteiger charge is 2.31. The highest BCUT2D eigenvalue weighted by Crippen LogP contribution is 2.32. The van der Waals surface area contributed by atoms with Crippen LogP contribution in [0.25, 0.3) is 0 Å². The molecular weight excluding hydrogens is 354 g/mol. The highest BCUT2D eigenvalue weighted by atomic mass is 32.2.